The smallest absolute Gasteiger partial charge is 0.0933 e. The largest absolute Gasteiger partial charge is 0.387 e. The molecule has 4 heteroatoms. The van der Waals surface area contributed by atoms with Crippen molar-refractivity contribution in [3.63, 3.8) is 0 Å². The molecule has 0 saturated heterocycles. The van der Waals surface area contributed by atoms with Crippen LogP contribution in [0, 0.1) is 5.92 Å². The van der Waals surface area contributed by atoms with Gasteiger partial charge in [-0.2, -0.15) is 0 Å². The zero-order valence-corrected chi connectivity index (χ0v) is 16.2. The molecule has 140 valence electrons. The Hall–Kier alpha value is -2.33. The van der Waals surface area contributed by atoms with Gasteiger partial charge in [-0.1, -0.05) is 31.5 Å². The lowest BCUT2D eigenvalue weighted by Gasteiger charge is -2.49. The van der Waals surface area contributed by atoms with Crippen LogP contribution in [0.3, 0.4) is 0 Å². The molecular formula is C23H28N4. The fourth-order valence-corrected chi connectivity index (χ4v) is 5.11. The van der Waals surface area contributed by atoms with Crippen molar-refractivity contribution in [1.82, 2.24) is 14.9 Å². The zero-order chi connectivity index (χ0) is 18.4. The lowest BCUT2D eigenvalue weighted by molar-refractivity contribution is 0.0295. The van der Waals surface area contributed by atoms with Gasteiger partial charge in [0.15, 0.2) is 0 Å². The van der Waals surface area contributed by atoms with Gasteiger partial charge in [-0.05, 0) is 48.9 Å². The van der Waals surface area contributed by atoms with E-state index in [-0.39, 0.29) is 6.04 Å². The monoisotopic (exact) mass is 360 g/mol. The van der Waals surface area contributed by atoms with Gasteiger partial charge in [0, 0.05) is 36.2 Å². The molecule has 3 unspecified atom stereocenters. The van der Waals surface area contributed by atoms with Crippen molar-refractivity contribution in [3.05, 3.63) is 59.5 Å². The van der Waals surface area contributed by atoms with E-state index in [1.807, 2.05) is 13.2 Å². The van der Waals surface area contributed by atoms with Gasteiger partial charge in [-0.25, -0.2) is 0 Å². The maximum atomic E-state index is 4.86. The van der Waals surface area contributed by atoms with E-state index in [4.69, 9.17) is 4.98 Å². The van der Waals surface area contributed by atoms with Crippen LogP contribution in [-0.2, 0) is 6.42 Å². The number of H-pyrrole nitrogens is 1. The second kappa shape index (κ2) is 6.68. The Kier molecular flexibility index (Phi) is 4.16. The molecule has 3 atom stereocenters. The lowest BCUT2D eigenvalue weighted by atomic mass is 9.75. The van der Waals surface area contributed by atoms with Crippen molar-refractivity contribution >= 4 is 16.6 Å². The summed E-state index contributed by atoms with van der Waals surface area (Å²) in [6.07, 6.45) is 7.05. The van der Waals surface area contributed by atoms with Crippen LogP contribution in [0.4, 0.5) is 5.69 Å². The molecule has 1 aliphatic heterocycles. The van der Waals surface area contributed by atoms with E-state index >= 15 is 0 Å². The highest BCUT2D eigenvalue weighted by atomic mass is 15.2. The summed E-state index contributed by atoms with van der Waals surface area (Å²) in [7, 11) is 1.94. The number of anilines is 1. The van der Waals surface area contributed by atoms with Crippen LogP contribution in [-0.4, -0.2) is 34.5 Å². The third kappa shape index (κ3) is 2.66. The van der Waals surface area contributed by atoms with Crippen molar-refractivity contribution in [1.29, 1.82) is 0 Å². The third-order valence-corrected chi connectivity index (χ3v) is 6.75. The first kappa shape index (κ1) is 16.8. The summed E-state index contributed by atoms with van der Waals surface area (Å²) in [5.41, 5.74) is 6.31. The number of nitrogens with zero attached hydrogens (tertiary/aromatic N) is 2. The topological polar surface area (TPSA) is 44.0 Å². The van der Waals surface area contributed by atoms with E-state index < -0.39 is 0 Å². The Bertz CT molecular complexity index is 941. The average Bonchev–Trinajstić information content (AvgIpc) is 3.06. The Morgan fingerprint density at radius 1 is 1.19 bits per heavy atom. The first-order chi connectivity index (χ1) is 13.3. The zero-order valence-electron chi connectivity index (χ0n) is 16.2. The normalized spacial score (nSPS) is 25.2. The number of aromatic amines is 1. The summed E-state index contributed by atoms with van der Waals surface area (Å²) in [4.78, 5) is 11.4. The van der Waals surface area contributed by atoms with Gasteiger partial charge in [-0.3, -0.25) is 9.88 Å². The summed E-state index contributed by atoms with van der Waals surface area (Å²) < 4.78 is 0. The average molecular weight is 361 g/mol. The van der Waals surface area contributed by atoms with Crippen LogP contribution in [0.1, 0.15) is 49.2 Å². The van der Waals surface area contributed by atoms with E-state index in [1.54, 1.807) is 0 Å². The number of nitrogens with one attached hydrogen (secondary N) is 2. The number of aromatic nitrogens is 2. The standard InChI is InChI=1S/C23H28N4/c1-3-15-8-11-21(15)27-13-12-18-17-6-4-5-7-19(17)26-22(18)23(27)20-10-9-16(24-2)14-25-20/h4-7,9-10,14-15,21,23-24,26H,3,8,11-13H2,1-2H3. The summed E-state index contributed by atoms with van der Waals surface area (Å²) >= 11 is 0. The highest BCUT2D eigenvalue weighted by Gasteiger charge is 2.42. The first-order valence-corrected chi connectivity index (χ1v) is 10.3. The number of hydrogen-bond acceptors (Lipinski definition) is 3. The van der Waals surface area contributed by atoms with Crippen molar-refractivity contribution in [2.75, 3.05) is 18.9 Å². The minimum Gasteiger partial charge on any atom is -0.387 e. The van der Waals surface area contributed by atoms with Crippen LogP contribution < -0.4 is 5.32 Å². The summed E-state index contributed by atoms with van der Waals surface area (Å²) in [5, 5.41) is 4.57. The molecule has 2 aromatic heterocycles. The van der Waals surface area contributed by atoms with E-state index in [0.29, 0.717) is 6.04 Å². The van der Waals surface area contributed by atoms with Crippen LogP contribution in [0.25, 0.3) is 10.9 Å². The molecule has 27 heavy (non-hydrogen) atoms. The van der Waals surface area contributed by atoms with E-state index in [1.165, 1.54) is 41.4 Å². The summed E-state index contributed by atoms with van der Waals surface area (Å²) in [5.74, 6) is 0.829. The predicted molar refractivity (Wildman–Crippen MR) is 111 cm³/mol. The number of rotatable bonds is 4. The number of hydrogen-bond donors (Lipinski definition) is 2. The Morgan fingerprint density at radius 3 is 2.78 bits per heavy atom. The van der Waals surface area contributed by atoms with Gasteiger partial charge in [0.25, 0.3) is 0 Å². The van der Waals surface area contributed by atoms with Crippen molar-refractivity contribution < 1.29 is 0 Å². The van der Waals surface area contributed by atoms with E-state index in [0.717, 1.165) is 30.3 Å². The SMILES string of the molecule is CCC1CCC1N1CCc2c([nH]c3ccccc23)C1c1ccc(NC)cn1. The molecule has 4 nitrogen and oxygen atoms in total. The molecule has 3 heterocycles. The molecule has 2 aliphatic rings. The quantitative estimate of drug-likeness (QED) is 0.706. The van der Waals surface area contributed by atoms with E-state index in [9.17, 15) is 0 Å². The fraction of sp³-hybridized carbons (Fsp3) is 0.435. The highest BCUT2D eigenvalue weighted by Crippen LogP contribution is 2.44. The van der Waals surface area contributed by atoms with Gasteiger partial charge in [0.05, 0.1) is 23.6 Å². The van der Waals surface area contributed by atoms with E-state index in [2.05, 4.69) is 58.5 Å². The van der Waals surface area contributed by atoms with Crippen LogP contribution in [0.15, 0.2) is 42.6 Å². The fourth-order valence-electron chi connectivity index (χ4n) is 5.11. The summed E-state index contributed by atoms with van der Waals surface area (Å²) in [6, 6.07) is 14.0. The summed E-state index contributed by atoms with van der Waals surface area (Å²) in [6.45, 7) is 3.46. The molecule has 1 saturated carbocycles. The van der Waals surface area contributed by atoms with Gasteiger partial charge >= 0.3 is 0 Å². The lowest BCUT2D eigenvalue weighted by Crippen LogP contribution is -2.51. The minimum atomic E-state index is 0.228. The van der Waals surface area contributed by atoms with Gasteiger partial charge in [0.1, 0.15) is 0 Å². The second-order valence-corrected chi connectivity index (χ2v) is 7.99. The molecular weight excluding hydrogens is 332 g/mol. The second-order valence-electron chi connectivity index (χ2n) is 7.99. The number of pyridine rings is 1. The van der Waals surface area contributed by atoms with Gasteiger partial charge in [-0.15, -0.1) is 0 Å². The molecule has 1 aliphatic carbocycles. The minimum absolute atomic E-state index is 0.228. The number of fused-ring (bicyclic) bond motifs is 3. The first-order valence-electron chi connectivity index (χ1n) is 10.3. The molecule has 0 spiro atoms. The van der Waals surface area contributed by atoms with Crippen LogP contribution in [0.2, 0.25) is 0 Å². The molecule has 2 N–H and O–H groups in total. The Morgan fingerprint density at radius 2 is 2.07 bits per heavy atom. The van der Waals surface area contributed by atoms with Crippen molar-refractivity contribution in [2.24, 2.45) is 5.92 Å². The maximum Gasteiger partial charge on any atom is 0.0933 e. The molecule has 0 amide bonds. The molecule has 3 aromatic rings. The molecule has 1 fully saturated rings. The maximum absolute atomic E-state index is 4.86. The van der Waals surface area contributed by atoms with Gasteiger partial charge in [0.2, 0.25) is 0 Å². The van der Waals surface area contributed by atoms with Gasteiger partial charge < -0.3 is 10.3 Å². The van der Waals surface area contributed by atoms with Crippen LogP contribution in [0.5, 0.6) is 0 Å². The molecule has 0 bridgehead atoms. The molecule has 5 rings (SSSR count). The number of benzene rings is 1. The van der Waals surface area contributed by atoms with Crippen LogP contribution >= 0.6 is 0 Å². The third-order valence-electron chi connectivity index (χ3n) is 6.75. The Labute approximate surface area is 161 Å². The molecule has 0 radical (unpaired) electrons. The van der Waals surface area contributed by atoms with Crippen molar-refractivity contribution in [3.8, 4) is 0 Å². The van der Waals surface area contributed by atoms with Crippen molar-refractivity contribution in [2.45, 2.75) is 44.7 Å². The molecule has 1 aromatic carbocycles. The highest BCUT2D eigenvalue weighted by molar-refractivity contribution is 5.85. The number of para-hydroxylation sites is 1. The Balaban J connectivity index is 1.62. The predicted octanol–water partition coefficient (Wildman–Crippen LogP) is 4.74.